The molecule has 2 aromatic rings. The Balaban J connectivity index is 1.52. The maximum absolute atomic E-state index is 12.9. The van der Waals surface area contributed by atoms with Crippen LogP contribution in [0.4, 0.5) is 0 Å². The monoisotopic (exact) mass is 395 g/mol. The van der Waals surface area contributed by atoms with Crippen LogP contribution in [0.1, 0.15) is 74.4 Å². The Morgan fingerprint density at radius 1 is 1.14 bits per heavy atom. The Labute approximate surface area is 176 Å². The lowest BCUT2D eigenvalue weighted by molar-refractivity contribution is -0.132. The van der Waals surface area contributed by atoms with Gasteiger partial charge in [0.1, 0.15) is 0 Å². The van der Waals surface area contributed by atoms with Crippen LogP contribution in [0.2, 0.25) is 0 Å². The molecular formula is C25H37N3O. The minimum atomic E-state index is 0.267. The number of carbonyl (C=O) groups is 1. The van der Waals surface area contributed by atoms with Gasteiger partial charge >= 0.3 is 0 Å². The number of aryl methyl sites for hydroxylation is 1. The number of benzene rings is 1. The van der Waals surface area contributed by atoms with Crippen molar-refractivity contribution in [2.75, 3.05) is 7.05 Å². The Morgan fingerprint density at radius 2 is 1.79 bits per heavy atom. The SMILES string of the molecule is Cc1nn(CC(C)C)c(C)c1CCC(=O)N(C)C1CCC(c2ccccc2)CC1. The van der Waals surface area contributed by atoms with Crippen LogP contribution in [0.25, 0.3) is 0 Å². The lowest BCUT2D eigenvalue weighted by Crippen LogP contribution is -2.39. The number of amides is 1. The summed E-state index contributed by atoms with van der Waals surface area (Å²) in [4.78, 5) is 14.9. The fourth-order valence-electron chi connectivity index (χ4n) is 4.75. The Morgan fingerprint density at radius 3 is 2.41 bits per heavy atom. The quantitative estimate of drug-likeness (QED) is 0.640. The van der Waals surface area contributed by atoms with Gasteiger partial charge in [-0.3, -0.25) is 9.48 Å². The van der Waals surface area contributed by atoms with Crippen LogP contribution in [-0.4, -0.2) is 33.7 Å². The Bertz CT molecular complexity index is 801. The van der Waals surface area contributed by atoms with Gasteiger partial charge in [-0.15, -0.1) is 0 Å². The number of rotatable bonds is 7. The molecule has 3 rings (SSSR count). The van der Waals surface area contributed by atoms with E-state index in [0.717, 1.165) is 31.5 Å². The van der Waals surface area contributed by atoms with Crippen molar-refractivity contribution in [3.8, 4) is 0 Å². The molecule has 0 saturated heterocycles. The molecule has 0 bridgehead atoms. The second-order valence-corrected chi connectivity index (χ2v) is 9.15. The standard InChI is InChI=1S/C25H37N3O/c1-18(2)17-28-20(4)24(19(3)26-28)15-16-25(29)27(5)23-13-11-22(12-14-23)21-9-7-6-8-10-21/h6-10,18,22-23H,11-17H2,1-5H3. The third kappa shape index (κ3) is 5.29. The molecule has 0 spiro atoms. The van der Waals surface area contributed by atoms with Crippen molar-refractivity contribution in [3.05, 3.63) is 52.8 Å². The summed E-state index contributed by atoms with van der Waals surface area (Å²) in [5, 5.41) is 4.69. The lowest BCUT2D eigenvalue weighted by atomic mass is 9.81. The molecule has 1 fully saturated rings. The lowest BCUT2D eigenvalue weighted by Gasteiger charge is -2.35. The van der Waals surface area contributed by atoms with E-state index in [1.807, 2.05) is 11.9 Å². The predicted molar refractivity (Wildman–Crippen MR) is 119 cm³/mol. The molecule has 0 atom stereocenters. The van der Waals surface area contributed by atoms with Gasteiger partial charge in [-0.2, -0.15) is 5.10 Å². The summed E-state index contributed by atoms with van der Waals surface area (Å²) in [6.07, 6.45) is 5.92. The zero-order valence-electron chi connectivity index (χ0n) is 18.8. The molecule has 1 amide bonds. The molecule has 1 aliphatic carbocycles. The average molecular weight is 396 g/mol. The Hall–Kier alpha value is -2.10. The second-order valence-electron chi connectivity index (χ2n) is 9.15. The molecule has 0 radical (unpaired) electrons. The normalized spacial score (nSPS) is 19.5. The van der Waals surface area contributed by atoms with Gasteiger partial charge in [0.2, 0.25) is 5.91 Å². The summed E-state index contributed by atoms with van der Waals surface area (Å²) in [7, 11) is 2.00. The molecular weight excluding hydrogens is 358 g/mol. The van der Waals surface area contributed by atoms with Crippen LogP contribution in [-0.2, 0) is 17.8 Å². The first kappa shape index (κ1) is 21.6. The number of hydrogen-bond acceptors (Lipinski definition) is 2. The summed E-state index contributed by atoms with van der Waals surface area (Å²) in [5.74, 6) is 1.48. The van der Waals surface area contributed by atoms with Gasteiger partial charge in [0, 0.05) is 31.7 Å². The number of aromatic nitrogens is 2. The van der Waals surface area contributed by atoms with Crippen LogP contribution in [0, 0.1) is 19.8 Å². The maximum atomic E-state index is 12.9. The Kier molecular flexibility index (Phi) is 7.15. The first-order valence-corrected chi connectivity index (χ1v) is 11.2. The van der Waals surface area contributed by atoms with Crippen molar-refractivity contribution in [1.29, 1.82) is 0 Å². The van der Waals surface area contributed by atoms with E-state index in [0.29, 0.717) is 24.3 Å². The van der Waals surface area contributed by atoms with E-state index in [9.17, 15) is 4.79 Å². The third-order valence-corrected chi connectivity index (χ3v) is 6.57. The highest BCUT2D eigenvalue weighted by Crippen LogP contribution is 2.34. The van der Waals surface area contributed by atoms with Gasteiger partial charge < -0.3 is 4.90 Å². The van der Waals surface area contributed by atoms with Crippen molar-refractivity contribution in [1.82, 2.24) is 14.7 Å². The topological polar surface area (TPSA) is 38.1 Å². The van der Waals surface area contributed by atoms with E-state index in [4.69, 9.17) is 5.10 Å². The van der Waals surface area contributed by atoms with Crippen molar-refractivity contribution >= 4 is 5.91 Å². The molecule has 0 N–H and O–H groups in total. The van der Waals surface area contributed by atoms with E-state index in [-0.39, 0.29) is 5.91 Å². The maximum Gasteiger partial charge on any atom is 0.222 e. The van der Waals surface area contributed by atoms with E-state index in [1.54, 1.807) is 0 Å². The fourth-order valence-corrected chi connectivity index (χ4v) is 4.75. The zero-order chi connectivity index (χ0) is 21.0. The molecule has 0 unspecified atom stereocenters. The van der Waals surface area contributed by atoms with Crippen LogP contribution in [0.15, 0.2) is 30.3 Å². The van der Waals surface area contributed by atoms with Crippen LogP contribution >= 0.6 is 0 Å². The van der Waals surface area contributed by atoms with Gasteiger partial charge in [-0.25, -0.2) is 0 Å². The van der Waals surface area contributed by atoms with Gasteiger partial charge in [-0.1, -0.05) is 44.2 Å². The summed E-state index contributed by atoms with van der Waals surface area (Å²) in [5.41, 5.74) is 4.99. The van der Waals surface area contributed by atoms with E-state index in [2.05, 4.69) is 62.7 Å². The largest absolute Gasteiger partial charge is 0.343 e. The molecule has 4 heteroatoms. The van der Waals surface area contributed by atoms with Crippen molar-refractivity contribution in [3.63, 3.8) is 0 Å². The first-order chi connectivity index (χ1) is 13.9. The van der Waals surface area contributed by atoms with Crippen molar-refractivity contribution in [2.45, 2.75) is 84.7 Å². The zero-order valence-corrected chi connectivity index (χ0v) is 18.8. The number of hydrogen-bond donors (Lipinski definition) is 0. The molecule has 1 aromatic carbocycles. The molecule has 29 heavy (non-hydrogen) atoms. The van der Waals surface area contributed by atoms with Crippen LogP contribution < -0.4 is 0 Å². The smallest absolute Gasteiger partial charge is 0.222 e. The van der Waals surface area contributed by atoms with Gasteiger partial charge in [0.15, 0.2) is 0 Å². The predicted octanol–water partition coefficient (Wildman–Crippen LogP) is 5.27. The molecule has 1 aliphatic rings. The molecule has 0 aliphatic heterocycles. The van der Waals surface area contributed by atoms with E-state index < -0.39 is 0 Å². The minimum absolute atomic E-state index is 0.267. The van der Waals surface area contributed by atoms with E-state index in [1.165, 1.54) is 29.7 Å². The van der Waals surface area contributed by atoms with Crippen molar-refractivity contribution < 1.29 is 4.79 Å². The molecule has 158 valence electrons. The van der Waals surface area contributed by atoms with Gasteiger partial charge in [0.05, 0.1) is 5.69 Å². The van der Waals surface area contributed by atoms with Crippen molar-refractivity contribution in [2.24, 2.45) is 5.92 Å². The fraction of sp³-hybridized carbons (Fsp3) is 0.600. The molecule has 4 nitrogen and oxygen atoms in total. The number of carbonyl (C=O) groups excluding carboxylic acids is 1. The van der Waals surface area contributed by atoms with Gasteiger partial charge in [0.25, 0.3) is 0 Å². The summed E-state index contributed by atoms with van der Waals surface area (Å²) < 4.78 is 2.11. The highest BCUT2D eigenvalue weighted by molar-refractivity contribution is 5.76. The molecule has 1 heterocycles. The van der Waals surface area contributed by atoms with Crippen LogP contribution in [0.3, 0.4) is 0 Å². The average Bonchev–Trinajstić information content (AvgIpc) is 2.98. The van der Waals surface area contributed by atoms with Crippen LogP contribution in [0.5, 0.6) is 0 Å². The van der Waals surface area contributed by atoms with Gasteiger partial charge in [-0.05, 0) is 68.9 Å². The second kappa shape index (κ2) is 9.60. The third-order valence-electron chi connectivity index (χ3n) is 6.57. The highest BCUT2D eigenvalue weighted by Gasteiger charge is 2.27. The van der Waals surface area contributed by atoms with E-state index >= 15 is 0 Å². The molecule has 1 saturated carbocycles. The molecule has 1 aromatic heterocycles. The summed E-state index contributed by atoms with van der Waals surface area (Å²) in [6.45, 7) is 9.56. The summed E-state index contributed by atoms with van der Waals surface area (Å²) >= 11 is 0. The highest BCUT2D eigenvalue weighted by atomic mass is 16.2. The summed E-state index contributed by atoms with van der Waals surface area (Å²) in [6, 6.07) is 11.2. The number of nitrogens with zero attached hydrogens (tertiary/aromatic N) is 3. The minimum Gasteiger partial charge on any atom is -0.343 e. The first-order valence-electron chi connectivity index (χ1n) is 11.2.